The van der Waals surface area contributed by atoms with Gasteiger partial charge < -0.3 is 19.9 Å². The molecule has 10 nitrogen and oxygen atoms in total. The number of piperidine rings is 1. The molecule has 10 heteroatoms. The summed E-state index contributed by atoms with van der Waals surface area (Å²) in [5.41, 5.74) is 0.573. The molecule has 1 aromatic rings. The molecule has 1 aliphatic heterocycles. The fraction of sp³-hybridized carbons (Fsp3) is 0.550. The Morgan fingerprint density at radius 2 is 1.90 bits per heavy atom. The van der Waals surface area contributed by atoms with Gasteiger partial charge in [0.15, 0.2) is 6.61 Å². The molecule has 1 heterocycles. The van der Waals surface area contributed by atoms with Crippen LogP contribution < -0.4 is 10.2 Å². The SMILES string of the molecule is CCNC(=O)CN(CC)C(=O)COC(=O)C1CCN(c2ccccc2[N+](=O)[O-])CC1. The summed E-state index contributed by atoms with van der Waals surface area (Å²) >= 11 is 0. The lowest BCUT2D eigenvalue weighted by Gasteiger charge is -2.32. The summed E-state index contributed by atoms with van der Waals surface area (Å²) < 4.78 is 5.18. The summed E-state index contributed by atoms with van der Waals surface area (Å²) in [4.78, 5) is 50.3. The van der Waals surface area contributed by atoms with Gasteiger partial charge >= 0.3 is 5.97 Å². The number of esters is 1. The second-order valence-electron chi connectivity index (χ2n) is 6.98. The number of benzene rings is 1. The highest BCUT2D eigenvalue weighted by atomic mass is 16.6. The average Bonchev–Trinajstić information content (AvgIpc) is 2.75. The van der Waals surface area contributed by atoms with Crippen molar-refractivity contribution < 1.29 is 24.0 Å². The summed E-state index contributed by atoms with van der Waals surface area (Å²) in [6.45, 7) is 4.84. The van der Waals surface area contributed by atoms with Crippen LogP contribution in [0.25, 0.3) is 0 Å². The van der Waals surface area contributed by atoms with Gasteiger partial charge in [-0.3, -0.25) is 24.5 Å². The van der Waals surface area contributed by atoms with E-state index in [2.05, 4.69) is 5.32 Å². The molecule has 0 bridgehead atoms. The Balaban J connectivity index is 1.84. The first kappa shape index (κ1) is 23.1. The number of likely N-dealkylation sites (N-methyl/N-ethyl adjacent to an activating group) is 2. The van der Waals surface area contributed by atoms with Crippen LogP contribution in [0, 0.1) is 16.0 Å². The van der Waals surface area contributed by atoms with E-state index in [1.807, 2.05) is 4.90 Å². The van der Waals surface area contributed by atoms with Crippen LogP contribution in [0.1, 0.15) is 26.7 Å². The molecule has 0 radical (unpaired) electrons. The third-order valence-electron chi connectivity index (χ3n) is 5.03. The van der Waals surface area contributed by atoms with Gasteiger partial charge in [0.2, 0.25) is 5.91 Å². The van der Waals surface area contributed by atoms with Gasteiger partial charge in [0.1, 0.15) is 5.69 Å². The van der Waals surface area contributed by atoms with E-state index >= 15 is 0 Å². The number of para-hydroxylation sites is 2. The number of anilines is 1. The van der Waals surface area contributed by atoms with Crippen molar-refractivity contribution in [3.63, 3.8) is 0 Å². The molecule has 1 aliphatic rings. The lowest BCUT2D eigenvalue weighted by molar-refractivity contribution is -0.384. The Morgan fingerprint density at radius 3 is 2.50 bits per heavy atom. The Morgan fingerprint density at radius 1 is 1.23 bits per heavy atom. The van der Waals surface area contributed by atoms with Crippen molar-refractivity contribution in [1.82, 2.24) is 10.2 Å². The van der Waals surface area contributed by atoms with Crippen LogP contribution in [-0.4, -0.2) is 66.9 Å². The Bertz CT molecular complexity index is 776. The smallest absolute Gasteiger partial charge is 0.309 e. The van der Waals surface area contributed by atoms with Crippen LogP contribution in [-0.2, 0) is 19.1 Å². The van der Waals surface area contributed by atoms with Crippen LogP contribution >= 0.6 is 0 Å². The molecule has 0 atom stereocenters. The Hall–Kier alpha value is -3.17. The number of ether oxygens (including phenoxy) is 1. The Kier molecular flexibility index (Phi) is 8.57. The topological polar surface area (TPSA) is 122 Å². The summed E-state index contributed by atoms with van der Waals surface area (Å²) in [6, 6.07) is 6.52. The van der Waals surface area contributed by atoms with Crippen molar-refractivity contribution in [2.75, 3.05) is 44.2 Å². The van der Waals surface area contributed by atoms with Crippen molar-refractivity contribution in [1.29, 1.82) is 0 Å². The number of hydrogen-bond donors (Lipinski definition) is 1. The van der Waals surface area contributed by atoms with E-state index in [9.17, 15) is 24.5 Å². The summed E-state index contributed by atoms with van der Waals surface area (Å²) in [6.07, 6.45) is 0.963. The van der Waals surface area contributed by atoms with Gasteiger partial charge in [-0.1, -0.05) is 12.1 Å². The van der Waals surface area contributed by atoms with Gasteiger partial charge in [-0.05, 0) is 32.8 Å². The second-order valence-corrected chi connectivity index (χ2v) is 6.98. The van der Waals surface area contributed by atoms with Gasteiger partial charge in [-0.25, -0.2) is 0 Å². The maximum atomic E-state index is 12.4. The second kappa shape index (κ2) is 11.1. The molecule has 0 saturated carbocycles. The molecule has 0 unspecified atom stereocenters. The number of amides is 2. The highest BCUT2D eigenvalue weighted by molar-refractivity contribution is 5.86. The molecule has 30 heavy (non-hydrogen) atoms. The van der Waals surface area contributed by atoms with Crippen LogP contribution in [0.2, 0.25) is 0 Å². The number of nitro groups is 1. The Labute approximate surface area is 175 Å². The van der Waals surface area contributed by atoms with Crippen molar-refractivity contribution in [3.8, 4) is 0 Å². The third kappa shape index (κ3) is 6.16. The molecule has 0 spiro atoms. The zero-order valence-corrected chi connectivity index (χ0v) is 17.3. The molecule has 0 aromatic heterocycles. The molecule has 1 N–H and O–H groups in total. The first-order valence-corrected chi connectivity index (χ1v) is 10.1. The van der Waals surface area contributed by atoms with Crippen molar-refractivity contribution in [2.24, 2.45) is 5.92 Å². The van der Waals surface area contributed by atoms with Gasteiger partial charge in [0.25, 0.3) is 11.6 Å². The highest BCUT2D eigenvalue weighted by Gasteiger charge is 2.29. The number of hydrogen-bond acceptors (Lipinski definition) is 7. The summed E-state index contributed by atoms with van der Waals surface area (Å²) in [5, 5.41) is 13.8. The van der Waals surface area contributed by atoms with E-state index in [0.717, 1.165) is 0 Å². The van der Waals surface area contributed by atoms with Gasteiger partial charge in [0, 0.05) is 32.2 Å². The quantitative estimate of drug-likeness (QED) is 0.363. The predicted molar refractivity (Wildman–Crippen MR) is 110 cm³/mol. The summed E-state index contributed by atoms with van der Waals surface area (Å²) in [5.74, 6) is -1.51. The monoisotopic (exact) mass is 420 g/mol. The maximum Gasteiger partial charge on any atom is 0.309 e. The molecule has 164 valence electrons. The van der Waals surface area contributed by atoms with E-state index in [4.69, 9.17) is 4.74 Å². The number of nitrogens with one attached hydrogen (secondary N) is 1. The van der Waals surface area contributed by atoms with E-state index in [-0.39, 0.29) is 24.1 Å². The van der Waals surface area contributed by atoms with Crippen LogP contribution in [0.5, 0.6) is 0 Å². The van der Waals surface area contributed by atoms with E-state index in [1.165, 1.54) is 11.0 Å². The van der Waals surface area contributed by atoms with E-state index in [0.29, 0.717) is 44.7 Å². The normalized spacial score (nSPS) is 14.1. The average molecular weight is 420 g/mol. The van der Waals surface area contributed by atoms with Gasteiger partial charge in [-0.2, -0.15) is 0 Å². The van der Waals surface area contributed by atoms with Gasteiger partial charge in [0.05, 0.1) is 17.4 Å². The molecule has 1 aromatic carbocycles. The zero-order valence-electron chi connectivity index (χ0n) is 17.3. The first-order chi connectivity index (χ1) is 14.4. The molecule has 1 fully saturated rings. The van der Waals surface area contributed by atoms with Gasteiger partial charge in [-0.15, -0.1) is 0 Å². The maximum absolute atomic E-state index is 12.4. The minimum atomic E-state index is -0.459. The summed E-state index contributed by atoms with van der Waals surface area (Å²) in [7, 11) is 0. The fourth-order valence-corrected chi connectivity index (χ4v) is 3.39. The minimum absolute atomic E-state index is 0.0379. The molecular formula is C20H28N4O6. The molecule has 1 saturated heterocycles. The number of carbonyl (C=O) groups excluding carboxylic acids is 3. The largest absolute Gasteiger partial charge is 0.455 e. The predicted octanol–water partition coefficient (Wildman–Crippen LogP) is 1.34. The van der Waals surface area contributed by atoms with E-state index < -0.39 is 23.4 Å². The molecule has 0 aliphatic carbocycles. The molecular weight excluding hydrogens is 392 g/mol. The number of carbonyl (C=O) groups is 3. The minimum Gasteiger partial charge on any atom is -0.455 e. The van der Waals surface area contributed by atoms with Crippen LogP contribution in [0.15, 0.2) is 24.3 Å². The lowest BCUT2D eigenvalue weighted by Crippen LogP contribution is -2.43. The molecule has 2 amide bonds. The van der Waals surface area contributed by atoms with E-state index in [1.54, 1.807) is 32.0 Å². The lowest BCUT2D eigenvalue weighted by atomic mass is 9.96. The van der Waals surface area contributed by atoms with Crippen molar-refractivity contribution in [2.45, 2.75) is 26.7 Å². The van der Waals surface area contributed by atoms with Crippen molar-refractivity contribution >= 4 is 29.2 Å². The number of rotatable bonds is 9. The fourth-order valence-electron chi connectivity index (χ4n) is 3.39. The van der Waals surface area contributed by atoms with Crippen LogP contribution in [0.4, 0.5) is 11.4 Å². The zero-order chi connectivity index (χ0) is 22.1. The van der Waals surface area contributed by atoms with Crippen LogP contribution in [0.3, 0.4) is 0 Å². The highest BCUT2D eigenvalue weighted by Crippen LogP contribution is 2.31. The number of nitro benzene ring substituents is 1. The third-order valence-corrected chi connectivity index (χ3v) is 5.03. The molecule has 2 rings (SSSR count). The van der Waals surface area contributed by atoms with Crippen molar-refractivity contribution in [3.05, 3.63) is 34.4 Å². The number of nitrogens with zero attached hydrogens (tertiary/aromatic N) is 3. The standard InChI is InChI=1S/C20H28N4O6/c1-3-21-18(25)13-22(4-2)19(26)14-30-20(27)15-9-11-23(12-10-15)16-7-5-6-8-17(16)24(28)29/h5-8,15H,3-4,9-14H2,1-2H3,(H,21,25). The first-order valence-electron chi connectivity index (χ1n) is 10.1.